The van der Waals surface area contributed by atoms with Gasteiger partial charge in [0.25, 0.3) is 5.91 Å². The number of fused-ring (bicyclic) bond motifs is 1. The van der Waals surface area contributed by atoms with Crippen molar-refractivity contribution in [3.63, 3.8) is 0 Å². The smallest absolute Gasteiger partial charge is 0.255 e. The van der Waals surface area contributed by atoms with E-state index in [2.05, 4.69) is 20.0 Å². The van der Waals surface area contributed by atoms with Crippen molar-refractivity contribution in [1.29, 1.82) is 0 Å². The van der Waals surface area contributed by atoms with E-state index in [9.17, 15) is 22.7 Å². The van der Waals surface area contributed by atoms with Crippen LogP contribution < -0.4 is 19.7 Å². The zero-order valence-corrected chi connectivity index (χ0v) is 24.0. The van der Waals surface area contributed by atoms with Gasteiger partial charge in [-0.3, -0.25) is 14.8 Å². The Morgan fingerprint density at radius 3 is 2.76 bits per heavy atom. The molecule has 13 heteroatoms. The lowest BCUT2D eigenvalue weighted by Gasteiger charge is -2.32. The van der Waals surface area contributed by atoms with E-state index in [-0.39, 0.29) is 29.8 Å². The van der Waals surface area contributed by atoms with E-state index in [1.54, 1.807) is 36.5 Å². The van der Waals surface area contributed by atoms with Crippen LogP contribution in [0, 0.1) is 5.82 Å². The average molecular weight is 612 g/mol. The van der Waals surface area contributed by atoms with Gasteiger partial charge in [-0.05, 0) is 55.0 Å². The number of sulfonamides is 1. The molecule has 5 rings (SSSR count). The summed E-state index contributed by atoms with van der Waals surface area (Å²) in [6, 6.07) is 14.9. The van der Waals surface area contributed by atoms with Crippen LogP contribution in [0.4, 0.5) is 15.8 Å². The summed E-state index contributed by atoms with van der Waals surface area (Å²) in [5.41, 5.74) is 2.50. The molecule has 0 spiro atoms. The molecule has 10 nitrogen and oxygen atoms in total. The second-order valence-corrected chi connectivity index (χ2v) is 11.8. The summed E-state index contributed by atoms with van der Waals surface area (Å²) >= 11 is 6.10. The molecule has 0 saturated carbocycles. The number of nitrogens with zero attached hydrogens (tertiary/aromatic N) is 3. The maximum absolute atomic E-state index is 14.6. The van der Waals surface area contributed by atoms with Gasteiger partial charge < -0.3 is 20.1 Å². The SMILES string of the molecule is CS(=O)(=O)NC(CCNC(=O)c1ccccc1O)c1cc(N2CCOc3cnc(-c4cc(Cl)ccc4F)cc32)ccn1. The number of ether oxygens (including phenoxy) is 1. The zero-order chi connectivity index (χ0) is 29.9. The molecule has 1 amide bonds. The first kappa shape index (κ1) is 29.2. The van der Waals surface area contributed by atoms with E-state index in [1.165, 1.54) is 36.5 Å². The Morgan fingerprint density at radius 2 is 1.98 bits per heavy atom. The molecule has 3 N–H and O–H groups in total. The number of phenolic OH excluding ortho intramolecular Hbond substituents is 1. The van der Waals surface area contributed by atoms with E-state index in [0.717, 1.165) is 6.26 Å². The molecular formula is C29H27ClFN5O5S. The van der Waals surface area contributed by atoms with Crippen LogP contribution in [-0.2, 0) is 10.0 Å². The van der Waals surface area contributed by atoms with Gasteiger partial charge in [0.1, 0.15) is 18.2 Å². The first-order valence-electron chi connectivity index (χ1n) is 12.9. The van der Waals surface area contributed by atoms with Crippen LogP contribution in [0.25, 0.3) is 11.3 Å². The number of phenols is 1. The molecule has 218 valence electrons. The number of para-hydroxylation sites is 1. The Labute approximate surface area is 247 Å². The van der Waals surface area contributed by atoms with Crippen molar-refractivity contribution in [2.45, 2.75) is 12.5 Å². The maximum Gasteiger partial charge on any atom is 0.255 e. The standard InChI is InChI=1S/C29H27ClFN5O5S/c1-42(39,40)35-23(9-11-33-29(38)20-4-2-3-5-27(20)37)25-15-19(8-10-32-25)36-12-13-41-28-17-34-24(16-26(28)36)21-14-18(30)6-7-22(21)31/h2-8,10,14-17,23,35,37H,9,11-13H2,1H3,(H,33,38). The minimum Gasteiger partial charge on any atom is -0.507 e. The number of benzene rings is 2. The summed E-state index contributed by atoms with van der Waals surface area (Å²) in [4.78, 5) is 23.3. The normalized spacial score (nSPS) is 13.6. The van der Waals surface area contributed by atoms with E-state index in [4.69, 9.17) is 16.3 Å². The fourth-order valence-electron chi connectivity index (χ4n) is 4.64. The predicted octanol–water partition coefficient (Wildman–Crippen LogP) is 4.58. The van der Waals surface area contributed by atoms with Gasteiger partial charge in [-0.2, -0.15) is 0 Å². The van der Waals surface area contributed by atoms with Gasteiger partial charge in [0.2, 0.25) is 10.0 Å². The Kier molecular flexibility index (Phi) is 8.57. The fraction of sp³-hybridized carbons (Fsp3) is 0.207. The van der Waals surface area contributed by atoms with Crippen molar-refractivity contribution in [1.82, 2.24) is 20.0 Å². The van der Waals surface area contributed by atoms with Crippen LogP contribution in [0.1, 0.15) is 28.5 Å². The van der Waals surface area contributed by atoms with E-state index < -0.39 is 27.8 Å². The van der Waals surface area contributed by atoms with Crippen molar-refractivity contribution in [2.24, 2.45) is 0 Å². The summed E-state index contributed by atoms with van der Waals surface area (Å²) < 4.78 is 47.4. The van der Waals surface area contributed by atoms with Gasteiger partial charge in [0.15, 0.2) is 5.75 Å². The molecule has 2 aromatic carbocycles. The number of amides is 1. The molecule has 0 radical (unpaired) electrons. The Morgan fingerprint density at radius 1 is 1.17 bits per heavy atom. The molecule has 1 aliphatic heterocycles. The van der Waals surface area contributed by atoms with Gasteiger partial charge in [-0.15, -0.1) is 0 Å². The number of carbonyl (C=O) groups excluding carboxylic acids is 1. The van der Waals surface area contributed by atoms with E-state index in [1.807, 2.05) is 4.90 Å². The van der Waals surface area contributed by atoms with Crippen LogP contribution in [0.3, 0.4) is 0 Å². The van der Waals surface area contributed by atoms with E-state index >= 15 is 0 Å². The number of rotatable bonds is 9. The van der Waals surface area contributed by atoms with Crippen molar-refractivity contribution in [3.05, 3.63) is 95.2 Å². The van der Waals surface area contributed by atoms with Crippen LogP contribution >= 0.6 is 11.6 Å². The van der Waals surface area contributed by atoms with Gasteiger partial charge >= 0.3 is 0 Å². The summed E-state index contributed by atoms with van der Waals surface area (Å²) in [7, 11) is -3.64. The molecule has 1 unspecified atom stereocenters. The second kappa shape index (κ2) is 12.3. The molecule has 1 atom stereocenters. The number of anilines is 2. The molecule has 1 aliphatic rings. The highest BCUT2D eigenvalue weighted by atomic mass is 35.5. The van der Waals surface area contributed by atoms with Gasteiger partial charge in [-0.25, -0.2) is 17.5 Å². The molecule has 0 saturated heterocycles. The molecule has 4 aromatic rings. The summed E-state index contributed by atoms with van der Waals surface area (Å²) in [5, 5.41) is 13.0. The topological polar surface area (TPSA) is 134 Å². The number of halogens is 2. The van der Waals surface area contributed by atoms with Crippen molar-refractivity contribution in [2.75, 3.05) is 30.9 Å². The monoisotopic (exact) mass is 611 g/mol. The lowest BCUT2D eigenvalue weighted by atomic mass is 10.1. The zero-order valence-electron chi connectivity index (χ0n) is 22.4. The van der Waals surface area contributed by atoms with Crippen LogP contribution in [0.15, 0.2) is 73.1 Å². The number of pyridine rings is 2. The van der Waals surface area contributed by atoms with Crippen LogP contribution in [-0.4, -0.2) is 55.4 Å². The summed E-state index contributed by atoms with van der Waals surface area (Å²) in [5.74, 6) is -0.607. The number of aromatic hydroxyl groups is 1. The number of carbonyl (C=O) groups is 1. The lowest BCUT2D eigenvalue weighted by Crippen LogP contribution is -2.33. The Balaban J connectivity index is 1.41. The minimum atomic E-state index is -3.64. The highest BCUT2D eigenvalue weighted by molar-refractivity contribution is 7.88. The van der Waals surface area contributed by atoms with Crippen molar-refractivity contribution in [3.8, 4) is 22.8 Å². The predicted molar refractivity (Wildman–Crippen MR) is 157 cm³/mol. The molecule has 0 aliphatic carbocycles. The molecule has 2 aromatic heterocycles. The third-order valence-corrected chi connectivity index (χ3v) is 7.52. The number of hydrogen-bond acceptors (Lipinski definition) is 8. The van der Waals surface area contributed by atoms with Crippen LogP contribution in [0.5, 0.6) is 11.5 Å². The highest BCUT2D eigenvalue weighted by Crippen LogP contribution is 2.39. The number of aromatic nitrogens is 2. The third kappa shape index (κ3) is 6.78. The van der Waals surface area contributed by atoms with Gasteiger partial charge in [-0.1, -0.05) is 23.7 Å². The number of nitrogens with one attached hydrogen (secondary N) is 2. The summed E-state index contributed by atoms with van der Waals surface area (Å²) in [6.45, 7) is 0.923. The van der Waals surface area contributed by atoms with Gasteiger partial charge in [0.05, 0.1) is 47.7 Å². The van der Waals surface area contributed by atoms with E-state index in [0.29, 0.717) is 46.7 Å². The quantitative estimate of drug-likeness (QED) is 0.250. The molecule has 0 bridgehead atoms. The molecule has 42 heavy (non-hydrogen) atoms. The summed E-state index contributed by atoms with van der Waals surface area (Å²) in [6.07, 6.45) is 4.33. The van der Waals surface area contributed by atoms with Gasteiger partial charge in [0, 0.05) is 29.0 Å². The minimum absolute atomic E-state index is 0.104. The Bertz CT molecular complexity index is 1740. The molecule has 0 fully saturated rings. The second-order valence-electron chi connectivity index (χ2n) is 9.60. The molecular weight excluding hydrogens is 585 g/mol. The largest absolute Gasteiger partial charge is 0.507 e. The third-order valence-electron chi connectivity index (χ3n) is 6.57. The first-order valence-corrected chi connectivity index (χ1v) is 15.2. The van der Waals surface area contributed by atoms with Crippen molar-refractivity contribution >= 4 is 38.9 Å². The Hall–Kier alpha value is -4.26. The molecule has 3 heterocycles. The average Bonchev–Trinajstić information content (AvgIpc) is 2.97. The first-order chi connectivity index (χ1) is 20.1. The number of hydrogen-bond donors (Lipinski definition) is 3. The lowest BCUT2D eigenvalue weighted by molar-refractivity contribution is 0.0949. The van der Waals surface area contributed by atoms with Crippen molar-refractivity contribution < 1.29 is 27.4 Å². The maximum atomic E-state index is 14.6. The fourth-order valence-corrected chi connectivity index (χ4v) is 5.57. The van der Waals surface area contributed by atoms with Crippen LogP contribution in [0.2, 0.25) is 5.02 Å². The highest BCUT2D eigenvalue weighted by Gasteiger charge is 2.24.